The fraction of sp³-hybridized carbons (Fsp3) is 0.833. The minimum absolute atomic E-state index is 0.133. The third kappa shape index (κ3) is 7.94. The van der Waals surface area contributed by atoms with Gasteiger partial charge >= 0.3 is 0 Å². The molecule has 0 aromatic rings. The maximum atomic E-state index is 8.55. The quantitative estimate of drug-likeness (QED) is 0.543. The molecule has 0 radical (unpaired) electrons. The Morgan fingerprint density at radius 3 is 2.36 bits per heavy atom. The van der Waals surface area contributed by atoms with Gasteiger partial charge in [0.05, 0.1) is 5.60 Å². The van der Waals surface area contributed by atoms with Crippen LogP contribution < -0.4 is 0 Å². The van der Waals surface area contributed by atoms with Crippen LogP contribution in [0.3, 0.4) is 0 Å². The van der Waals surface area contributed by atoms with Crippen LogP contribution in [0.1, 0.15) is 53.4 Å². The van der Waals surface area contributed by atoms with E-state index in [1.165, 1.54) is 12.8 Å². The van der Waals surface area contributed by atoms with Gasteiger partial charge in [0.2, 0.25) is 0 Å². The van der Waals surface area contributed by atoms with Crippen LogP contribution >= 0.6 is 0 Å². The topological polar surface area (TPSA) is 29.5 Å². The van der Waals surface area contributed by atoms with Gasteiger partial charge in [-0.1, -0.05) is 19.8 Å². The summed E-state index contributed by atoms with van der Waals surface area (Å²) in [6.45, 7) is 8.16. The zero-order valence-electron chi connectivity index (χ0n) is 9.76. The summed E-state index contributed by atoms with van der Waals surface area (Å²) >= 11 is 0. The number of aliphatic hydroxyl groups excluding tert-OH is 1. The van der Waals surface area contributed by atoms with Gasteiger partial charge < -0.3 is 9.84 Å². The number of hydrogen-bond donors (Lipinski definition) is 1. The van der Waals surface area contributed by atoms with Gasteiger partial charge in [0.1, 0.15) is 12.2 Å². The number of ether oxygens (including phenoxy) is 1. The molecule has 0 heterocycles. The molecule has 0 saturated heterocycles. The van der Waals surface area contributed by atoms with Crippen molar-refractivity contribution in [2.75, 3.05) is 0 Å². The van der Waals surface area contributed by atoms with Crippen molar-refractivity contribution in [3.05, 3.63) is 0 Å². The van der Waals surface area contributed by atoms with Crippen molar-refractivity contribution in [1.29, 1.82) is 0 Å². The summed E-state index contributed by atoms with van der Waals surface area (Å²) in [5.74, 6) is 2.68. The van der Waals surface area contributed by atoms with Crippen molar-refractivity contribution in [3.63, 3.8) is 0 Å². The Balaban J connectivity index is 3.95. The van der Waals surface area contributed by atoms with Crippen LogP contribution in [0.2, 0.25) is 0 Å². The highest BCUT2D eigenvalue weighted by Crippen LogP contribution is 2.15. The Kier molecular flexibility index (Phi) is 6.40. The monoisotopic (exact) mass is 198 g/mol. The molecule has 0 aliphatic carbocycles. The molecule has 0 rings (SSSR count). The first-order valence-corrected chi connectivity index (χ1v) is 5.32. The molecule has 0 aliphatic heterocycles. The molecule has 2 nitrogen and oxygen atoms in total. The highest BCUT2D eigenvalue weighted by molar-refractivity contribution is 4.99. The molecule has 2 heteroatoms. The number of unbranched alkanes of at least 4 members (excludes halogenated alkanes) is 2. The lowest BCUT2D eigenvalue weighted by Crippen LogP contribution is -2.26. The number of rotatable bonds is 5. The van der Waals surface area contributed by atoms with Crippen molar-refractivity contribution < 1.29 is 9.84 Å². The van der Waals surface area contributed by atoms with E-state index >= 15 is 0 Å². The van der Waals surface area contributed by atoms with Gasteiger partial charge in [0.25, 0.3) is 0 Å². The average molecular weight is 198 g/mol. The average Bonchev–Trinajstić information content (AvgIpc) is 2.02. The predicted octanol–water partition coefficient (Wildman–Crippen LogP) is 3.08. The van der Waals surface area contributed by atoms with Gasteiger partial charge in [0.15, 0.2) is 0 Å². The fourth-order valence-corrected chi connectivity index (χ4v) is 1.24. The van der Waals surface area contributed by atoms with Gasteiger partial charge in [-0.15, -0.1) is 0 Å². The third-order valence-electron chi connectivity index (χ3n) is 1.79. The molecule has 0 aromatic heterocycles. The van der Waals surface area contributed by atoms with Crippen molar-refractivity contribution in [3.8, 4) is 12.0 Å². The smallest absolute Gasteiger partial charge is 0.122 e. The summed E-state index contributed by atoms with van der Waals surface area (Å²) < 4.78 is 5.69. The Morgan fingerprint density at radius 1 is 1.29 bits per heavy atom. The molecule has 0 bridgehead atoms. The SMILES string of the molecule is CCCCCC(C#CO)OC(C)(C)C. The van der Waals surface area contributed by atoms with Gasteiger partial charge in [-0.3, -0.25) is 0 Å². The molecule has 0 aliphatic rings. The second kappa shape index (κ2) is 6.73. The maximum absolute atomic E-state index is 8.55. The van der Waals surface area contributed by atoms with E-state index in [1.54, 1.807) is 0 Å². The molecule has 14 heavy (non-hydrogen) atoms. The van der Waals surface area contributed by atoms with E-state index in [4.69, 9.17) is 9.84 Å². The minimum Gasteiger partial charge on any atom is -0.462 e. The fourth-order valence-electron chi connectivity index (χ4n) is 1.24. The molecule has 1 atom stereocenters. The van der Waals surface area contributed by atoms with Crippen LogP contribution in [-0.4, -0.2) is 16.8 Å². The largest absolute Gasteiger partial charge is 0.462 e. The van der Waals surface area contributed by atoms with Gasteiger partial charge in [-0.25, -0.2) is 0 Å². The molecule has 1 N–H and O–H groups in total. The highest BCUT2D eigenvalue weighted by Gasteiger charge is 2.16. The van der Waals surface area contributed by atoms with Crippen LogP contribution in [0.25, 0.3) is 0 Å². The summed E-state index contributed by atoms with van der Waals surface area (Å²) in [5.41, 5.74) is -0.194. The van der Waals surface area contributed by atoms with E-state index in [-0.39, 0.29) is 11.7 Å². The predicted molar refractivity (Wildman–Crippen MR) is 58.5 cm³/mol. The lowest BCUT2D eigenvalue weighted by atomic mass is 10.1. The zero-order valence-corrected chi connectivity index (χ0v) is 9.76. The Hall–Kier alpha value is -0.680. The lowest BCUT2D eigenvalue weighted by molar-refractivity contribution is -0.0376. The second-order valence-electron chi connectivity index (χ2n) is 4.47. The van der Waals surface area contributed by atoms with E-state index in [2.05, 4.69) is 12.8 Å². The Labute approximate surface area is 87.7 Å². The second-order valence-corrected chi connectivity index (χ2v) is 4.47. The van der Waals surface area contributed by atoms with Crippen LogP contribution in [0.5, 0.6) is 0 Å². The van der Waals surface area contributed by atoms with Crippen LogP contribution in [-0.2, 0) is 4.74 Å². The first kappa shape index (κ1) is 13.3. The van der Waals surface area contributed by atoms with E-state index in [1.807, 2.05) is 26.9 Å². The molecule has 82 valence electrons. The van der Waals surface area contributed by atoms with E-state index in [0.29, 0.717) is 0 Å². The molecule has 0 spiro atoms. The summed E-state index contributed by atoms with van der Waals surface area (Å²) in [6.07, 6.45) is 6.19. The van der Waals surface area contributed by atoms with Crippen LogP contribution in [0.15, 0.2) is 0 Å². The van der Waals surface area contributed by atoms with Gasteiger partial charge in [-0.2, -0.15) is 0 Å². The first-order valence-electron chi connectivity index (χ1n) is 5.32. The van der Waals surface area contributed by atoms with Crippen molar-refractivity contribution in [2.24, 2.45) is 0 Å². The molecule has 0 fully saturated rings. The molecule has 0 saturated carbocycles. The summed E-state index contributed by atoms with van der Waals surface area (Å²) in [5, 5.41) is 8.55. The van der Waals surface area contributed by atoms with E-state index in [9.17, 15) is 0 Å². The van der Waals surface area contributed by atoms with Crippen LogP contribution in [0.4, 0.5) is 0 Å². The summed E-state index contributed by atoms with van der Waals surface area (Å²) in [6, 6.07) is 0. The Bertz CT molecular complexity index is 193. The molecule has 1 unspecified atom stereocenters. The van der Waals surface area contributed by atoms with Gasteiger partial charge in [0, 0.05) is 0 Å². The molecule has 0 aromatic carbocycles. The lowest BCUT2D eigenvalue weighted by Gasteiger charge is -2.24. The molecule has 0 amide bonds. The normalized spacial score (nSPS) is 13.1. The minimum atomic E-state index is -0.194. The molecular formula is C12H22O2. The van der Waals surface area contributed by atoms with Crippen LogP contribution in [0, 0.1) is 12.0 Å². The third-order valence-corrected chi connectivity index (χ3v) is 1.79. The Morgan fingerprint density at radius 2 is 1.93 bits per heavy atom. The van der Waals surface area contributed by atoms with Crippen molar-refractivity contribution >= 4 is 0 Å². The number of hydrogen-bond acceptors (Lipinski definition) is 2. The summed E-state index contributed by atoms with van der Waals surface area (Å²) in [7, 11) is 0. The number of aliphatic hydroxyl groups is 1. The molecular weight excluding hydrogens is 176 g/mol. The van der Waals surface area contributed by atoms with Crippen molar-refractivity contribution in [1.82, 2.24) is 0 Å². The first-order chi connectivity index (χ1) is 6.49. The maximum Gasteiger partial charge on any atom is 0.122 e. The van der Waals surface area contributed by atoms with E-state index < -0.39 is 0 Å². The highest BCUT2D eigenvalue weighted by atomic mass is 16.5. The zero-order chi connectivity index (χ0) is 11.0. The standard InChI is InChI=1S/C12H22O2/c1-5-6-7-8-11(9-10-13)14-12(2,3)4/h11,13H,5-8H2,1-4H3. The van der Waals surface area contributed by atoms with Crippen molar-refractivity contribution in [2.45, 2.75) is 65.1 Å². The summed E-state index contributed by atoms with van der Waals surface area (Å²) in [4.78, 5) is 0. The van der Waals surface area contributed by atoms with E-state index in [0.717, 1.165) is 12.8 Å². The van der Waals surface area contributed by atoms with Gasteiger partial charge in [-0.05, 0) is 39.5 Å².